The number of urea groups is 1. The lowest BCUT2D eigenvalue weighted by Crippen LogP contribution is -2.54. The van der Waals surface area contributed by atoms with Crippen molar-refractivity contribution in [2.75, 3.05) is 4.90 Å². The number of ether oxygens (including phenoxy) is 1. The van der Waals surface area contributed by atoms with Gasteiger partial charge in [-0.3, -0.25) is 14.9 Å². The van der Waals surface area contributed by atoms with Crippen LogP contribution < -0.4 is 15.0 Å². The summed E-state index contributed by atoms with van der Waals surface area (Å²) < 4.78 is 45.1. The van der Waals surface area contributed by atoms with Crippen molar-refractivity contribution < 1.29 is 32.3 Å². The number of halogens is 4. The molecule has 0 atom stereocenters. The predicted molar refractivity (Wildman–Crippen MR) is 123 cm³/mol. The Kier molecular flexibility index (Phi) is 6.61. The predicted octanol–water partition coefficient (Wildman–Crippen LogP) is 5.60. The number of nitrogens with zero attached hydrogens (tertiary/aromatic N) is 1. The molecule has 10 heteroatoms. The molecule has 4 amide bonds. The van der Waals surface area contributed by atoms with Crippen LogP contribution in [0.4, 0.5) is 23.7 Å². The molecule has 178 valence electrons. The number of nitrogens with one attached hydrogen (secondary N) is 1. The molecule has 1 fully saturated rings. The van der Waals surface area contributed by atoms with Crippen LogP contribution in [0.25, 0.3) is 6.08 Å². The number of barbiturate groups is 1. The van der Waals surface area contributed by atoms with E-state index in [9.17, 15) is 27.6 Å². The van der Waals surface area contributed by atoms with E-state index in [1.807, 2.05) is 35.6 Å². The minimum absolute atomic E-state index is 0.268. The minimum atomic E-state index is -4.73. The summed E-state index contributed by atoms with van der Waals surface area (Å²) in [6.45, 7) is 0.344. The number of amides is 4. The molecule has 4 rings (SSSR count). The van der Waals surface area contributed by atoms with E-state index in [1.54, 1.807) is 24.3 Å². The normalized spacial score (nSPS) is 15.4. The molecule has 1 aliphatic heterocycles. The third-order valence-electron chi connectivity index (χ3n) is 5.06. The Bertz CT molecular complexity index is 1320. The highest BCUT2D eigenvalue weighted by Gasteiger charge is 2.39. The van der Waals surface area contributed by atoms with Crippen LogP contribution in [0, 0.1) is 0 Å². The molecule has 0 saturated carbocycles. The zero-order chi connectivity index (χ0) is 25.2. The molecular weight excluding hydrogens is 485 g/mol. The van der Waals surface area contributed by atoms with Crippen molar-refractivity contribution in [3.05, 3.63) is 100 Å². The Labute approximate surface area is 202 Å². The Morgan fingerprint density at radius 1 is 0.943 bits per heavy atom. The molecule has 6 nitrogen and oxygen atoms in total. The van der Waals surface area contributed by atoms with Gasteiger partial charge in [-0.1, -0.05) is 54.1 Å². The van der Waals surface area contributed by atoms with Crippen LogP contribution in [-0.2, 0) is 22.4 Å². The molecule has 0 unspecified atom stereocenters. The maximum atomic E-state index is 13.1. The molecule has 0 radical (unpaired) electrons. The summed E-state index contributed by atoms with van der Waals surface area (Å²) >= 11 is 5.99. The first-order valence-corrected chi connectivity index (χ1v) is 10.6. The quantitative estimate of drug-likeness (QED) is 0.365. The van der Waals surface area contributed by atoms with E-state index in [-0.39, 0.29) is 5.02 Å². The smallest absolute Gasteiger partial charge is 0.416 e. The van der Waals surface area contributed by atoms with Gasteiger partial charge in [0.15, 0.2) is 0 Å². The van der Waals surface area contributed by atoms with Crippen molar-refractivity contribution in [1.29, 1.82) is 0 Å². The standard InChI is InChI=1S/C25H16ClF3N2O4/c26-20-11-8-17(25(27,28)29)13-21(20)31-23(33)19(22(32)30-24(31)34)12-15-6-9-18(10-7-15)35-14-16-4-2-1-3-5-16/h1-13H,14H2,(H,30,32,34)/b19-12-. The second-order valence-electron chi connectivity index (χ2n) is 7.47. The molecule has 3 aromatic carbocycles. The van der Waals surface area contributed by atoms with E-state index in [1.165, 1.54) is 6.08 Å². The summed E-state index contributed by atoms with van der Waals surface area (Å²) in [6.07, 6.45) is -3.51. The molecule has 1 aliphatic rings. The number of rotatable bonds is 5. The van der Waals surface area contributed by atoms with Gasteiger partial charge in [-0.25, -0.2) is 9.69 Å². The fraction of sp³-hybridized carbons (Fsp3) is 0.0800. The molecule has 0 aromatic heterocycles. The van der Waals surface area contributed by atoms with Gasteiger partial charge in [-0.05, 0) is 47.5 Å². The molecule has 1 saturated heterocycles. The minimum Gasteiger partial charge on any atom is -0.489 e. The summed E-state index contributed by atoms with van der Waals surface area (Å²) in [5.41, 5.74) is -0.643. The summed E-state index contributed by atoms with van der Waals surface area (Å²) in [7, 11) is 0. The maximum Gasteiger partial charge on any atom is 0.416 e. The van der Waals surface area contributed by atoms with Crippen molar-refractivity contribution in [2.45, 2.75) is 12.8 Å². The monoisotopic (exact) mass is 500 g/mol. The highest BCUT2D eigenvalue weighted by molar-refractivity contribution is 6.42. The summed E-state index contributed by atoms with van der Waals surface area (Å²) in [4.78, 5) is 38.1. The van der Waals surface area contributed by atoms with Gasteiger partial charge >= 0.3 is 12.2 Å². The number of anilines is 1. The average molecular weight is 501 g/mol. The number of hydrogen-bond donors (Lipinski definition) is 1. The molecule has 0 aliphatic carbocycles. The lowest BCUT2D eigenvalue weighted by molar-refractivity contribution is -0.137. The lowest BCUT2D eigenvalue weighted by Gasteiger charge is -2.27. The van der Waals surface area contributed by atoms with Gasteiger partial charge in [-0.2, -0.15) is 13.2 Å². The lowest BCUT2D eigenvalue weighted by atomic mass is 10.1. The zero-order valence-electron chi connectivity index (χ0n) is 17.8. The zero-order valence-corrected chi connectivity index (χ0v) is 18.6. The Balaban J connectivity index is 1.58. The molecule has 35 heavy (non-hydrogen) atoms. The first kappa shape index (κ1) is 24.0. The third kappa shape index (κ3) is 5.36. The Morgan fingerprint density at radius 3 is 2.29 bits per heavy atom. The van der Waals surface area contributed by atoms with E-state index in [2.05, 4.69) is 0 Å². The second-order valence-corrected chi connectivity index (χ2v) is 7.87. The van der Waals surface area contributed by atoms with Crippen LogP contribution in [0.15, 0.2) is 78.4 Å². The number of carbonyl (C=O) groups is 3. The van der Waals surface area contributed by atoms with Crippen LogP contribution in [0.5, 0.6) is 5.75 Å². The fourth-order valence-corrected chi connectivity index (χ4v) is 3.51. The van der Waals surface area contributed by atoms with Gasteiger partial charge in [0.2, 0.25) is 0 Å². The molecule has 1 N–H and O–H groups in total. The van der Waals surface area contributed by atoms with Gasteiger partial charge in [0.05, 0.1) is 16.3 Å². The highest BCUT2D eigenvalue weighted by Crippen LogP contribution is 2.36. The molecule has 1 heterocycles. The largest absolute Gasteiger partial charge is 0.489 e. The van der Waals surface area contributed by atoms with Gasteiger partial charge < -0.3 is 4.74 Å². The first-order chi connectivity index (χ1) is 16.6. The van der Waals surface area contributed by atoms with Crippen LogP contribution in [-0.4, -0.2) is 17.8 Å². The number of carbonyl (C=O) groups excluding carboxylic acids is 3. The fourth-order valence-electron chi connectivity index (χ4n) is 3.30. The number of benzene rings is 3. The molecule has 0 spiro atoms. The highest BCUT2D eigenvalue weighted by atomic mass is 35.5. The topological polar surface area (TPSA) is 75.7 Å². The van der Waals surface area contributed by atoms with Crippen molar-refractivity contribution in [1.82, 2.24) is 5.32 Å². The molecule has 0 bridgehead atoms. The Morgan fingerprint density at radius 2 is 1.63 bits per heavy atom. The van der Waals surface area contributed by atoms with Crippen molar-refractivity contribution in [2.24, 2.45) is 0 Å². The summed E-state index contributed by atoms with van der Waals surface area (Å²) in [5, 5.41) is 1.69. The van der Waals surface area contributed by atoms with Crippen molar-refractivity contribution in [3.63, 3.8) is 0 Å². The summed E-state index contributed by atoms with van der Waals surface area (Å²) in [5.74, 6) is -1.55. The van der Waals surface area contributed by atoms with E-state index in [0.29, 0.717) is 28.9 Å². The number of alkyl halides is 3. The number of imide groups is 2. The SMILES string of the molecule is O=C1NC(=O)N(c2cc(C(F)(F)F)ccc2Cl)C(=O)/C1=C\c1ccc(OCc2ccccc2)cc1. The van der Waals surface area contributed by atoms with Crippen LogP contribution in [0.3, 0.4) is 0 Å². The van der Waals surface area contributed by atoms with Gasteiger partial charge in [-0.15, -0.1) is 0 Å². The van der Waals surface area contributed by atoms with E-state index in [0.717, 1.165) is 17.7 Å². The van der Waals surface area contributed by atoms with E-state index >= 15 is 0 Å². The van der Waals surface area contributed by atoms with Crippen molar-refractivity contribution in [3.8, 4) is 5.75 Å². The first-order valence-electron chi connectivity index (χ1n) is 10.2. The molecular formula is C25H16ClF3N2O4. The van der Waals surface area contributed by atoms with Crippen LogP contribution >= 0.6 is 11.6 Å². The van der Waals surface area contributed by atoms with Gasteiger partial charge in [0.1, 0.15) is 17.9 Å². The van der Waals surface area contributed by atoms with Crippen LogP contribution in [0.2, 0.25) is 5.02 Å². The summed E-state index contributed by atoms with van der Waals surface area (Å²) in [6, 6.07) is 17.0. The van der Waals surface area contributed by atoms with Crippen molar-refractivity contribution >= 4 is 41.2 Å². The van der Waals surface area contributed by atoms with E-state index in [4.69, 9.17) is 16.3 Å². The molecule has 3 aromatic rings. The third-order valence-corrected chi connectivity index (χ3v) is 5.38. The Hall–Kier alpha value is -4.11. The average Bonchev–Trinajstić information content (AvgIpc) is 2.82. The van der Waals surface area contributed by atoms with Gasteiger partial charge in [0, 0.05) is 0 Å². The van der Waals surface area contributed by atoms with Crippen LogP contribution in [0.1, 0.15) is 16.7 Å². The van der Waals surface area contributed by atoms with E-state index < -0.39 is 40.8 Å². The van der Waals surface area contributed by atoms with Gasteiger partial charge in [0.25, 0.3) is 11.8 Å². The maximum absolute atomic E-state index is 13.1. The second kappa shape index (κ2) is 9.63. The number of hydrogen-bond acceptors (Lipinski definition) is 4.